The summed E-state index contributed by atoms with van der Waals surface area (Å²) in [5, 5.41) is 3.68. The highest BCUT2D eigenvalue weighted by Crippen LogP contribution is 2.41. The quantitative estimate of drug-likeness (QED) is 0.897. The van der Waals surface area contributed by atoms with E-state index in [2.05, 4.69) is 24.1 Å². The van der Waals surface area contributed by atoms with Crippen molar-refractivity contribution in [3.63, 3.8) is 0 Å². The smallest absolute Gasteiger partial charge is 0.146 e. The molecule has 0 bridgehead atoms. The van der Waals surface area contributed by atoms with E-state index in [0.29, 0.717) is 23.9 Å². The van der Waals surface area contributed by atoms with E-state index in [1.165, 1.54) is 0 Å². The van der Waals surface area contributed by atoms with E-state index in [9.17, 15) is 4.39 Å². The van der Waals surface area contributed by atoms with Gasteiger partial charge in [0.1, 0.15) is 5.82 Å². The molecule has 2 aliphatic heterocycles. The summed E-state index contributed by atoms with van der Waals surface area (Å²) in [5.74, 6) is 1.09. The molecule has 1 aromatic rings. The zero-order valence-corrected chi connectivity index (χ0v) is 12.2. The van der Waals surface area contributed by atoms with Gasteiger partial charge in [0.15, 0.2) is 0 Å². The van der Waals surface area contributed by atoms with Crippen molar-refractivity contribution < 1.29 is 4.39 Å². The summed E-state index contributed by atoms with van der Waals surface area (Å²) in [6, 6.07) is 5.27. The summed E-state index contributed by atoms with van der Waals surface area (Å²) in [4.78, 5) is 2.40. The average Bonchev–Trinajstić information content (AvgIpc) is 2.90. The van der Waals surface area contributed by atoms with Gasteiger partial charge >= 0.3 is 0 Å². The minimum absolute atomic E-state index is 0.114. The van der Waals surface area contributed by atoms with E-state index in [1.54, 1.807) is 6.07 Å². The van der Waals surface area contributed by atoms with Gasteiger partial charge < -0.3 is 5.32 Å². The lowest BCUT2D eigenvalue weighted by Gasteiger charge is -2.35. The molecular formula is C15H20ClFN2. The Morgan fingerprint density at radius 1 is 1.42 bits per heavy atom. The Morgan fingerprint density at radius 3 is 2.95 bits per heavy atom. The van der Waals surface area contributed by atoms with Crippen LogP contribution >= 0.6 is 11.6 Å². The van der Waals surface area contributed by atoms with Crippen molar-refractivity contribution in [1.29, 1.82) is 0 Å². The summed E-state index contributed by atoms with van der Waals surface area (Å²) in [6.45, 7) is 8.39. The third-order valence-corrected chi connectivity index (χ3v) is 5.20. The Kier molecular flexibility index (Phi) is 3.32. The van der Waals surface area contributed by atoms with Crippen LogP contribution in [0.15, 0.2) is 18.2 Å². The molecule has 0 radical (unpaired) electrons. The summed E-state index contributed by atoms with van der Waals surface area (Å²) in [7, 11) is 0. The number of rotatable bonds is 2. The van der Waals surface area contributed by atoms with Gasteiger partial charge in [0, 0.05) is 30.7 Å². The number of nitrogens with zero attached hydrogens (tertiary/aromatic N) is 1. The standard InChI is InChI=1S/C15H20ClFN2/c1-15(2)12-7-18-6-11(12)9-19(15)8-10-4-3-5-13(16)14(10)17/h3-5,11-12,18H,6-9H2,1-2H3. The van der Waals surface area contributed by atoms with Crippen LogP contribution in [0.4, 0.5) is 4.39 Å². The molecule has 0 aliphatic carbocycles. The monoisotopic (exact) mass is 282 g/mol. The number of nitrogens with one attached hydrogen (secondary N) is 1. The fourth-order valence-electron chi connectivity index (χ4n) is 3.65. The molecule has 0 amide bonds. The molecule has 3 rings (SSSR count). The molecule has 19 heavy (non-hydrogen) atoms. The number of fused-ring (bicyclic) bond motifs is 1. The summed E-state index contributed by atoms with van der Waals surface area (Å²) in [6.07, 6.45) is 0. The largest absolute Gasteiger partial charge is 0.316 e. The minimum atomic E-state index is -0.268. The predicted octanol–water partition coefficient (Wildman–Crippen LogP) is 2.91. The van der Waals surface area contributed by atoms with Gasteiger partial charge in [-0.15, -0.1) is 0 Å². The fourth-order valence-corrected chi connectivity index (χ4v) is 3.84. The number of likely N-dealkylation sites (tertiary alicyclic amines) is 1. The first-order chi connectivity index (χ1) is 9.00. The van der Waals surface area contributed by atoms with Crippen LogP contribution in [0.1, 0.15) is 19.4 Å². The summed E-state index contributed by atoms with van der Waals surface area (Å²) >= 11 is 5.86. The fraction of sp³-hybridized carbons (Fsp3) is 0.600. The van der Waals surface area contributed by atoms with E-state index >= 15 is 0 Å². The molecule has 0 saturated carbocycles. The number of hydrogen-bond donors (Lipinski definition) is 1. The third-order valence-electron chi connectivity index (χ3n) is 4.91. The van der Waals surface area contributed by atoms with Crippen LogP contribution in [0.25, 0.3) is 0 Å². The molecule has 4 heteroatoms. The van der Waals surface area contributed by atoms with Crippen LogP contribution < -0.4 is 5.32 Å². The Labute approximate surface area is 118 Å². The second-order valence-corrected chi connectivity index (χ2v) is 6.68. The van der Waals surface area contributed by atoms with Crippen molar-refractivity contribution in [2.45, 2.75) is 25.9 Å². The maximum Gasteiger partial charge on any atom is 0.146 e. The van der Waals surface area contributed by atoms with Gasteiger partial charge in [-0.1, -0.05) is 23.7 Å². The zero-order valence-electron chi connectivity index (χ0n) is 11.4. The van der Waals surface area contributed by atoms with Crippen LogP contribution in [-0.4, -0.2) is 30.1 Å². The van der Waals surface area contributed by atoms with E-state index < -0.39 is 0 Å². The molecule has 2 heterocycles. The lowest BCUT2D eigenvalue weighted by Crippen LogP contribution is -2.44. The van der Waals surface area contributed by atoms with Crippen molar-refractivity contribution >= 4 is 11.6 Å². The lowest BCUT2D eigenvalue weighted by atomic mass is 9.85. The Bertz CT molecular complexity index is 489. The van der Waals surface area contributed by atoms with E-state index in [0.717, 1.165) is 19.6 Å². The molecule has 2 unspecified atom stereocenters. The molecule has 2 fully saturated rings. The van der Waals surface area contributed by atoms with Crippen molar-refractivity contribution in [3.8, 4) is 0 Å². The van der Waals surface area contributed by atoms with Crippen molar-refractivity contribution in [1.82, 2.24) is 10.2 Å². The summed E-state index contributed by atoms with van der Waals surface area (Å²) in [5.41, 5.74) is 0.816. The van der Waals surface area contributed by atoms with E-state index in [-0.39, 0.29) is 16.4 Å². The highest BCUT2D eigenvalue weighted by molar-refractivity contribution is 6.30. The van der Waals surface area contributed by atoms with Gasteiger partial charge in [0.25, 0.3) is 0 Å². The van der Waals surface area contributed by atoms with Crippen LogP contribution in [0.3, 0.4) is 0 Å². The third kappa shape index (κ3) is 2.18. The van der Waals surface area contributed by atoms with E-state index in [1.807, 2.05) is 12.1 Å². The van der Waals surface area contributed by atoms with Gasteiger partial charge in [-0.25, -0.2) is 4.39 Å². The van der Waals surface area contributed by atoms with E-state index in [4.69, 9.17) is 11.6 Å². The average molecular weight is 283 g/mol. The SMILES string of the molecule is CC1(C)C2CNCC2CN1Cc1cccc(Cl)c1F. The first-order valence-electron chi connectivity index (χ1n) is 6.89. The topological polar surface area (TPSA) is 15.3 Å². The zero-order chi connectivity index (χ0) is 13.6. The number of benzene rings is 1. The van der Waals surface area contributed by atoms with Crippen molar-refractivity contribution in [3.05, 3.63) is 34.6 Å². The minimum Gasteiger partial charge on any atom is -0.316 e. The van der Waals surface area contributed by atoms with Gasteiger partial charge in [-0.3, -0.25) is 4.90 Å². The second-order valence-electron chi connectivity index (χ2n) is 6.27. The second kappa shape index (κ2) is 4.72. The van der Waals surface area contributed by atoms with Crippen LogP contribution in [0, 0.1) is 17.7 Å². The van der Waals surface area contributed by atoms with Gasteiger partial charge in [-0.05, 0) is 38.3 Å². The molecule has 1 N–H and O–H groups in total. The van der Waals surface area contributed by atoms with Crippen molar-refractivity contribution in [2.75, 3.05) is 19.6 Å². The molecule has 1 aromatic carbocycles. The predicted molar refractivity (Wildman–Crippen MR) is 75.7 cm³/mol. The Balaban J connectivity index is 1.82. The van der Waals surface area contributed by atoms with Crippen LogP contribution in [0.5, 0.6) is 0 Å². The van der Waals surface area contributed by atoms with Crippen LogP contribution in [0.2, 0.25) is 5.02 Å². The molecule has 2 aliphatic rings. The molecule has 2 nitrogen and oxygen atoms in total. The highest BCUT2D eigenvalue weighted by atomic mass is 35.5. The molecular weight excluding hydrogens is 263 g/mol. The number of hydrogen-bond acceptors (Lipinski definition) is 2. The first kappa shape index (κ1) is 13.3. The Hall–Kier alpha value is -0.640. The lowest BCUT2D eigenvalue weighted by molar-refractivity contribution is 0.130. The van der Waals surface area contributed by atoms with Gasteiger partial charge in [0.05, 0.1) is 5.02 Å². The molecule has 0 aromatic heterocycles. The molecule has 104 valence electrons. The Morgan fingerprint density at radius 2 is 2.21 bits per heavy atom. The first-order valence-corrected chi connectivity index (χ1v) is 7.26. The van der Waals surface area contributed by atoms with Crippen LogP contribution in [-0.2, 0) is 6.54 Å². The number of halogens is 2. The maximum absolute atomic E-state index is 14.0. The van der Waals surface area contributed by atoms with Crippen molar-refractivity contribution in [2.24, 2.45) is 11.8 Å². The molecule has 2 saturated heterocycles. The normalized spacial score (nSPS) is 29.7. The molecule has 2 atom stereocenters. The van der Waals surface area contributed by atoms with Gasteiger partial charge in [-0.2, -0.15) is 0 Å². The highest BCUT2D eigenvalue weighted by Gasteiger charge is 2.49. The molecule has 0 spiro atoms. The van der Waals surface area contributed by atoms with Gasteiger partial charge in [0.2, 0.25) is 0 Å². The summed E-state index contributed by atoms with van der Waals surface area (Å²) < 4.78 is 14.0. The maximum atomic E-state index is 14.0.